The van der Waals surface area contributed by atoms with Gasteiger partial charge in [0.1, 0.15) is 11.6 Å². The summed E-state index contributed by atoms with van der Waals surface area (Å²) in [5.41, 5.74) is 5.62. The maximum absolute atomic E-state index is 13.3. The third-order valence-electron chi connectivity index (χ3n) is 2.24. The number of nitrogens with zero attached hydrogens (tertiary/aromatic N) is 2. The first-order valence-electron chi connectivity index (χ1n) is 5.17. The summed E-state index contributed by atoms with van der Waals surface area (Å²) in [7, 11) is 0. The van der Waals surface area contributed by atoms with E-state index < -0.39 is 5.82 Å². The summed E-state index contributed by atoms with van der Waals surface area (Å²) in [4.78, 5) is 3.92. The lowest BCUT2D eigenvalue weighted by atomic mass is 10.3. The number of hydrogen-bond donors (Lipinski definition) is 2. The number of amidine groups is 1. The van der Waals surface area contributed by atoms with Gasteiger partial charge >= 0.3 is 0 Å². The molecule has 1 aromatic heterocycles. The SMILES string of the molecule is N/C(=N/O)c1ncccc1Oc1ccc(Cl)c(F)c1. The fourth-order valence-electron chi connectivity index (χ4n) is 1.38. The zero-order valence-corrected chi connectivity index (χ0v) is 10.3. The zero-order chi connectivity index (χ0) is 13.8. The average Bonchev–Trinajstić information content (AvgIpc) is 2.43. The third-order valence-corrected chi connectivity index (χ3v) is 2.55. The van der Waals surface area contributed by atoms with Crippen molar-refractivity contribution in [3.63, 3.8) is 0 Å². The predicted molar refractivity (Wildman–Crippen MR) is 68.2 cm³/mol. The summed E-state index contributed by atoms with van der Waals surface area (Å²) in [6.45, 7) is 0. The van der Waals surface area contributed by atoms with Gasteiger partial charge in [-0.2, -0.15) is 0 Å². The van der Waals surface area contributed by atoms with Crippen LogP contribution in [0, 0.1) is 5.82 Å². The first-order valence-corrected chi connectivity index (χ1v) is 5.55. The molecule has 0 unspecified atom stereocenters. The van der Waals surface area contributed by atoms with E-state index in [9.17, 15) is 4.39 Å². The van der Waals surface area contributed by atoms with Crippen LogP contribution in [0.25, 0.3) is 0 Å². The summed E-state index contributed by atoms with van der Waals surface area (Å²) in [6.07, 6.45) is 1.46. The standard InChI is InChI=1S/C12H9ClFN3O2/c13-8-4-3-7(6-9(8)14)19-10-2-1-5-16-11(10)12(15)17-18/h1-6,18H,(H2,15,17). The lowest BCUT2D eigenvalue weighted by Crippen LogP contribution is -2.15. The summed E-state index contributed by atoms with van der Waals surface area (Å²) >= 11 is 5.57. The number of rotatable bonds is 3. The van der Waals surface area contributed by atoms with Crippen molar-refractivity contribution >= 4 is 17.4 Å². The van der Waals surface area contributed by atoms with Crippen LogP contribution >= 0.6 is 11.6 Å². The van der Waals surface area contributed by atoms with Crippen LogP contribution in [0.3, 0.4) is 0 Å². The van der Waals surface area contributed by atoms with Gasteiger partial charge in [0.25, 0.3) is 0 Å². The molecule has 0 saturated heterocycles. The van der Waals surface area contributed by atoms with Crippen molar-refractivity contribution in [2.45, 2.75) is 0 Å². The largest absolute Gasteiger partial charge is 0.455 e. The van der Waals surface area contributed by atoms with Gasteiger partial charge < -0.3 is 15.7 Å². The van der Waals surface area contributed by atoms with Crippen LogP contribution in [0.1, 0.15) is 5.69 Å². The van der Waals surface area contributed by atoms with Crippen LogP contribution in [0.15, 0.2) is 41.7 Å². The number of nitrogens with two attached hydrogens (primary N) is 1. The number of oxime groups is 1. The topological polar surface area (TPSA) is 80.7 Å². The highest BCUT2D eigenvalue weighted by Crippen LogP contribution is 2.26. The van der Waals surface area contributed by atoms with Gasteiger partial charge in [-0.05, 0) is 24.3 Å². The van der Waals surface area contributed by atoms with Gasteiger partial charge in [0.15, 0.2) is 17.3 Å². The van der Waals surface area contributed by atoms with Gasteiger partial charge in [-0.3, -0.25) is 0 Å². The molecule has 19 heavy (non-hydrogen) atoms. The van der Waals surface area contributed by atoms with Gasteiger partial charge in [-0.1, -0.05) is 16.8 Å². The fourth-order valence-corrected chi connectivity index (χ4v) is 1.50. The van der Waals surface area contributed by atoms with Crippen molar-refractivity contribution in [3.05, 3.63) is 53.1 Å². The molecule has 0 atom stereocenters. The molecule has 3 N–H and O–H groups in total. The Hall–Kier alpha value is -2.34. The normalized spacial score (nSPS) is 11.4. The fraction of sp³-hybridized carbons (Fsp3) is 0. The van der Waals surface area contributed by atoms with Crippen molar-refractivity contribution in [2.24, 2.45) is 10.9 Å². The van der Waals surface area contributed by atoms with Crippen molar-refractivity contribution < 1.29 is 14.3 Å². The second-order valence-corrected chi connectivity index (χ2v) is 3.92. The Labute approximate surface area is 113 Å². The van der Waals surface area contributed by atoms with E-state index >= 15 is 0 Å². The van der Waals surface area contributed by atoms with E-state index in [-0.39, 0.29) is 28.1 Å². The molecule has 5 nitrogen and oxygen atoms in total. The number of aromatic nitrogens is 1. The maximum atomic E-state index is 13.3. The highest BCUT2D eigenvalue weighted by atomic mass is 35.5. The molecule has 0 aliphatic heterocycles. The van der Waals surface area contributed by atoms with Crippen LogP contribution in [-0.4, -0.2) is 16.0 Å². The Balaban J connectivity index is 2.35. The van der Waals surface area contributed by atoms with E-state index in [0.717, 1.165) is 6.07 Å². The lowest BCUT2D eigenvalue weighted by molar-refractivity contribution is 0.318. The van der Waals surface area contributed by atoms with Gasteiger partial charge in [-0.25, -0.2) is 9.37 Å². The molecular formula is C12H9ClFN3O2. The number of halogens is 2. The monoisotopic (exact) mass is 281 g/mol. The van der Waals surface area contributed by atoms with E-state index in [0.29, 0.717) is 0 Å². The molecule has 98 valence electrons. The Bertz CT molecular complexity index is 634. The molecule has 0 radical (unpaired) electrons. The quantitative estimate of drug-likeness (QED) is 0.392. The first-order chi connectivity index (χ1) is 9.11. The molecule has 0 saturated carbocycles. The van der Waals surface area contributed by atoms with Crippen LogP contribution in [0.4, 0.5) is 4.39 Å². The van der Waals surface area contributed by atoms with Gasteiger partial charge in [0.2, 0.25) is 0 Å². The van der Waals surface area contributed by atoms with Crippen molar-refractivity contribution in [1.29, 1.82) is 0 Å². The number of ether oxygens (including phenoxy) is 1. The Kier molecular flexibility index (Phi) is 3.82. The highest BCUT2D eigenvalue weighted by molar-refractivity contribution is 6.30. The molecule has 2 aromatic rings. The van der Waals surface area contributed by atoms with Gasteiger partial charge in [-0.15, -0.1) is 0 Å². The van der Waals surface area contributed by atoms with Crippen molar-refractivity contribution in [2.75, 3.05) is 0 Å². The number of pyridine rings is 1. The molecule has 0 fully saturated rings. The maximum Gasteiger partial charge on any atom is 0.192 e. The van der Waals surface area contributed by atoms with E-state index in [4.69, 9.17) is 27.3 Å². The van der Waals surface area contributed by atoms with E-state index in [1.807, 2.05) is 0 Å². The van der Waals surface area contributed by atoms with E-state index in [1.165, 1.54) is 18.3 Å². The highest BCUT2D eigenvalue weighted by Gasteiger charge is 2.11. The molecule has 0 aliphatic carbocycles. The molecule has 0 bridgehead atoms. The zero-order valence-electron chi connectivity index (χ0n) is 9.55. The lowest BCUT2D eigenvalue weighted by Gasteiger charge is -2.09. The summed E-state index contributed by atoms with van der Waals surface area (Å²) in [5, 5.41) is 11.5. The first kappa shape index (κ1) is 13.1. The van der Waals surface area contributed by atoms with Crippen molar-refractivity contribution in [1.82, 2.24) is 4.98 Å². The van der Waals surface area contributed by atoms with Crippen LogP contribution < -0.4 is 10.5 Å². The molecular weight excluding hydrogens is 273 g/mol. The Morgan fingerprint density at radius 1 is 1.42 bits per heavy atom. The van der Waals surface area contributed by atoms with Crippen LogP contribution in [0.2, 0.25) is 5.02 Å². The summed E-state index contributed by atoms with van der Waals surface area (Å²) in [5.74, 6) is -0.347. The minimum absolute atomic E-state index is 0.00445. The summed E-state index contributed by atoms with van der Waals surface area (Å²) < 4.78 is 18.7. The predicted octanol–water partition coefficient (Wildman–Crippen LogP) is 2.76. The second kappa shape index (κ2) is 5.53. The molecule has 1 heterocycles. The molecule has 7 heteroatoms. The van der Waals surface area contributed by atoms with Crippen LogP contribution in [0.5, 0.6) is 11.5 Å². The molecule has 0 amide bonds. The minimum atomic E-state index is -0.603. The average molecular weight is 282 g/mol. The number of benzene rings is 1. The molecule has 2 rings (SSSR count). The molecule has 0 spiro atoms. The second-order valence-electron chi connectivity index (χ2n) is 3.51. The van der Waals surface area contributed by atoms with E-state index in [1.54, 1.807) is 12.1 Å². The van der Waals surface area contributed by atoms with Crippen LogP contribution in [-0.2, 0) is 0 Å². The Morgan fingerprint density at radius 2 is 2.21 bits per heavy atom. The third kappa shape index (κ3) is 2.92. The van der Waals surface area contributed by atoms with Gasteiger partial charge in [0.05, 0.1) is 5.02 Å². The number of hydrogen-bond acceptors (Lipinski definition) is 4. The smallest absolute Gasteiger partial charge is 0.192 e. The van der Waals surface area contributed by atoms with Crippen molar-refractivity contribution in [3.8, 4) is 11.5 Å². The summed E-state index contributed by atoms with van der Waals surface area (Å²) in [6, 6.07) is 7.16. The minimum Gasteiger partial charge on any atom is -0.455 e. The van der Waals surface area contributed by atoms with Gasteiger partial charge in [0, 0.05) is 12.3 Å². The molecule has 1 aromatic carbocycles. The molecule has 0 aliphatic rings. The Morgan fingerprint density at radius 3 is 2.89 bits per heavy atom. The van der Waals surface area contributed by atoms with E-state index in [2.05, 4.69) is 10.1 Å².